The van der Waals surface area contributed by atoms with Crippen molar-refractivity contribution in [1.29, 1.82) is 0 Å². The van der Waals surface area contributed by atoms with Crippen molar-refractivity contribution in [3.63, 3.8) is 0 Å². The number of hydrogen-bond acceptors (Lipinski definition) is 7. The van der Waals surface area contributed by atoms with Crippen LogP contribution in [0.2, 0.25) is 0 Å². The summed E-state index contributed by atoms with van der Waals surface area (Å²) in [5.74, 6) is -0.0687. The van der Waals surface area contributed by atoms with Crippen LogP contribution in [0.5, 0.6) is 0 Å². The Morgan fingerprint density at radius 3 is 2.07 bits per heavy atom. The Hall–Kier alpha value is -3.86. The summed E-state index contributed by atoms with van der Waals surface area (Å²) in [6.07, 6.45) is -0.923. The number of anilines is 1. The van der Waals surface area contributed by atoms with Gasteiger partial charge >= 0.3 is 19.3 Å². The van der Waals surface area contributed by atoms with Crippen molar-refractivity contribution < 1.29 is 29.1 Å². The van der Waals surface area contributed by atoms with Crippen LogP contribution in [0.4, 0.5) is 15.3 Å². The molecule has 3 aromatic carbocycles. The van der Waals surface area contributed by atoms with E-state index in [1.807, 2.05) is 52.0 Å². The molecule has 5 rings (SSSR count). The molecule has 0 radical (unpaired) electrons. The summed E-state index contributed by atoms with van der Waals surface area (Å²) in [5.41, 5.74) is 7.09. The third kappa shape index (κ3) is 6.72. The molecule has 226 valence electrons. The lowest BCUT2D eigenvalue weighted by molar-refractivity contribution is 0.0139. The van der Waals surface area contributed by atoms with E-state index in [0.29, 0.717) is 49.4 Å². The third-order valence-electron chi connectivity index (χ3n) is 8.26. The number of nitrogens with one attached hydrogen (secondary N) is 1. The molecule has 3 N–H and O–H groups in total. The Kier molecular flexibility index (Phi) is 8.82. The predicted octanol–water partition coefficient (Wildman–Crippen LogP) is 4.40. The van der Waals surface area contributed by atoms with Crippen LogP contribution in [0.3, 0.4) is 0 Å². The average Bonchev–Trinajstić information content (AvgIpc) is 3.28. The molecule has 0 unspecified atom stereocenters. The molecule has 0 saturated carbocycles. The van der Waals surface area contributed by atoms with Gasteiger partial charge in [0.1, 0.15) is 12.2 Å². The zero-order valence-corrected chi connectivity index (χ0v) is 25.5. The first-order chi connectivity index (χ1) is 20.4. The van der Waals surface area contributed by atoms with E-state index in [-0.39, 0.29) is 18.6 Å². The smallest absolute Gasteiger partial charge is 0.448 e. The van der Waals surface area contributed by atoms with Gasteiger partial charge in [-0.05, 0) is 79.0 Å². The topological polar surface area (TPSA) is 112 Å². The maximum Gasteiger partial charge on any atom is 0.488 e. The van der Waals surface area contributed by atoms with Gasteiger partial charge in [0.05, 0.1) is 0 Å². The van der Waals surface area contributed by atoms with Gasteiger partial charge in [0.15, 0.2) is 0 Å². The van der Waals surface area contributed by atoms with Gasteiger partial charge in [0.2, 0.25) is 0 Å². The highest BCUT2D eigenvalue weighted by atomic mass is 16.6. The van der Waals surface area contributed by atoms with E-state index in [4.69, 9.17) is 9.47 Å². The molecule has 1 heterocycles. The lowest BCUT2D eigenvalue weighted by atomic mass is 9.75. The number of hydrogen-bond donors (Lipinski definition) is 3. The number of ether oxygens (including phenoxy) is 2. The second-order valence-electron chi connectivity index (χ2n) is 12.3. The van der Waals surface area contributed by atoms with Gasteiger partial charge in [-0.1, -0.05) is 54.6 Å². The van der Waals surface area contributed by atoms with E-state index in [0.717, 1.165) is 33.4 Å². The number of rotatable bonds is 6. The summed E-state index contributed by atoms with van der Waals surface area (Å²) in [7, 11) is -1.70. The number of carbonyl (C=O) groups excluding carboxylic acids is 2. The Balaban J connectivity index is 1.28. The van der Waals surface area contributed by atoms with Crippen LogP contribution in [0, 0.1) is 13.8 Å². The monoisotopic (exact) mass is 585 g/mol. The largest absolute Gasteiger partial charge is 0.488 e. The van der Waals surface area contributed by atoms with Gasteiger partial charge in [-0.15, -0.1) is 0 Å². The fraction of sp³-hybridized carbons (Fsp3) is 0.394. The van der Waals surface area contributed by atoms with Crippen LogP contribution in [0.15, 0.2) is 54.6 Å². The van der Waals surface area contributed by atoms with E-state index in [1.54, 1.807) is 17.9 Å². The minimum absolute atomic E-state index is 0.0687. The van der Waals surface area contributed by atoms with Crippen LogP contribution in [0.1, 0.15) is 54.5 Å². The van der Waals surface area contributed by atoms with Crippen LogP contribution < -0.4 is 10.8 Å². The second-order valence-corrected chi connectivity index (χ2v) is 12.3. The van der Waals surface area contributed by atoms with Crippen molar-refractivity contribution in [1.82, 2.24) is 9.80 Å². The number of carbonyl (C=O) groups is 2. The maximum atomic E-state index is 13.2. The molecular formula is C33H40BN3O6. The quantitative estimate of drug-likeness (QED) is 0.368. The third-order valence-corrected chi connectivity index (χ3v) is 8.26. The molecule has 1 aliphatic carbocycles. The van der Waals surface area contributed by atoms with Gasteiger partial charge in [-0.25, -0.2) is 9.59 Å². The first-order valence-corrected chi connectivity index (χ1v) is 14.7. The maximum absolute atomic E-state index is 13.2. The first kappa shape index (κ1) is 30.6. The van der Waals surface area contributed by atoms with Crippen molar-refractivity contribution in [2.75, 3.05) is 38.1 Å². The molecule has 43 heavy (non-hydrogen) atoms. The van der Waals surface area contributed by atoms with Gasteiger partial charge in [0, 0.05) is 44.3 Å². The summed E-state index contributed by atoms with van der Waals surface area (Å²) >= 11 is 0. The number of nitrogens with zero attached hydrogens (tertiary/aromatic N) is 2. The number of piperazine rings is 1. The fourth-order valence-corrected chi connectivity index (χ4v) is 6.00. The van der Waals surface area contributed by atoms with Crippen LogP contribution in [-0.2, 0) is 16.0 Å². The molecule has 3 aromatic rings. The van der Waals surface area contributed by atoms with E-state index < -0.39 is 18.8 Å². The summed E-state index contributed by atoms with van der Waals surface area (Å²) in [4.78, 5) is 29.5. The van der Waals surface area contributed by atoms with E-state index >= 15 is 0 Å². The zero-order valence-electron chi connectivity index (χ0n) is 25.5. The summed E-state index contributed by atoms with van der Waals surface area (Å²) < 4.78 is 11.3. The van der Waals surface area contributed by atoms with Gasteiger partial charge in [-0.2, -0.15) is 0 Å². The molecular weight excluding hydrogens is 545 g/mol. The Labute approximate surface area is 253 Å². The standard InChI is InChI=1S/C33H40BN3O6/c1-21-23(19-36-14-16-37(17-15-36)32(39)43-33(3,4)5)18-29(34(40)41)22(2)30(21)35-31(38)42-20-28-26-12-8-6-10-24(26)25-11-7-9-13-27(25)28/h6-13,18,28,40-41H,14-17,19-20H2,1-5H3,(H,35,38). The van der Waals surface area contributed by atoms with Crippen molar-refractivity contribution in [2.45, 2.75) is 52.7 Å². The Morgan fingerprint density at radius 1 is 0.930 bits per heavy atom. The predicted molar refractivity (Wildman–Crippen MR) is 168 cm³/mol. The van der Waals surface area contributed by atoms with E-state index in [9.17, 15) is 19.6 Å². The highest BCUT2D eigenvalue weighted by Gasteiger charge is 2.30. The number of amides is 2. The minimum Gasteiger partial charge on any atom is -0.448 e. The van der Waals surface area contributed by atoms with Crippen molar-refractivity contribution >= 4 is 30.5 Å². The lowest BCUT2D eigenvalue weighted by Crippen LogP contribution is -2.49. The normalized spacial score (nSPS) is 15.1. The summed E-state index contributed by atoms with van der Waals surface area (Å²) in [5, 5.41) is 23.2. The first-order valence-electron chi connectivity index (χ1n) is 14.7. The fourth-order valence-electron chi connectivity index (χ4n) is 6.00. The molecule has 0 bridgehead atoms. The summed E-state index contributed by atoms with van der Waals surface area (Å²) in [6, 6.07) is 18.1. The summed E-state index contributed by atoms with van der Waals surface area (Å²) in [6.45, 7) is 12.2. The van der Waals surface area contributed by atoms with Crippen LogP contribution >= 0.6 is 0 Å². The average molecular weight is 586 g/mol. The van der Waals surface area contributed by atoms with Crippen molar-refractivity contribution in [3.05, 3.63) is 82.4 Å². The molecule has 0 aromatic heterocycles. The van der Waals surface area contributed by atoms with Crippen molar-refractivity contribution in [2.24, 2.45) is 0 Å². The molecule has 2 amide bonds. The van der Waals surface area contributed by atoms with Gasteiger partial charge in [-0.3, -0.25) is 10.2 Å². The van der Waals surface area contributed by atoms with Gasteiger partial charge in [0.25, 0.3) is 0 Å². The molecule has 2 aliphatic rings. The SMILES string of the molecule is Cc1c(CN2CCN(C(=O)OC(C)(C)C)CC2)cc(B(O)O)c(C)c1NC(=O)OCC1c2ccccc2-c2ccccc21. The molecule has 0 spiro atoms. The molecule has 9 nitrogen and oxygen atoms in total. The molecule has 0 atom stereocenters. The lowest BCUT2D eigenvalue weighted by Gasteiger charge is -2.36. The zero-order chi connectivity index (χ0) is 30.9. The Bertz CT molecular complexity index is 1470. The van der Waals surface area contributed by atoms with Crippen LogP contribution in [0.25, 0.3) is 11.1 Å². The highest BCUT2D eigenvalue weighted by Crippen LogP contribution is 2.44. The molecule has 1 aliphatic heterocycles. The highest BCUT2D eigenvalue weighted by molar-refractivity contribution is 6.59. The second kappa shape index (κ2) is 12.4. The minimum atomic E-state index is -1.70. The molecule has 10 heteroatoms. The molecule has 1 fully saturated rings. The number of benzene rings is 3. The Morgan fingerprint density at radius 2 is 1.51 bits per heavy atom. The van der Waals surface area contributed by atoms with Gasteiger partial charge < -0.3 is 24.4 Å². The van der Waals surface area contributed by atoms with E-state index in [2.05, 4.69) is 34.5 Å². The molecule has 1 saturated heterocycles. The van der Waals surface area contributed by atoms with E-state index in [1.165, 1.54) is 0 Å². The van der Waals surface area contributed by atoms with Crippen LogP contribution in [-0.4, -0.2) is 77.5 Å². The van der Waals surface area contributed by atoms with Crippen molar-refractivity contribution in [3.8, 4) is 11.1 Å². The number of fused-ring (bicyclic) bond motifs is 3.